The second-order valence-electron chi connectivity index (χ2n) is 3.35. The third-order valence-corrected chi connectivity index (χ3v) is 2.61. The summed E-state index contributed by atoms with van der Waals surface area (Å²) in [6.07, 6.45) is 2.50. The lowest BCUT2D eigenvalue weighted by Crippen LogP contribution is -2.49. The Bertz CT molecular complexity index is 114. The number of nitrogens with zero attached hydrogens (tertiary/aromatic N) is 1. The summed E-state index contributed by atoms with van der Waals surface area (Å²) in [5.74, 6) is 0. The van der Waals surface area contributed by atoms with Crippen LogP contribution in [0.1, 0.15) is 33.1 Å². The zero-order valence-electron chi connectivity index (χ0n) is 7.52. The van der Waals surface area contributed by atoms with Crippen LogP contribution in [0.15, 0.2) is 0 Å². The van der Waals surface area contributed by atoms with Crippen molar-refractivity contribution in [1.29, 1.82) is 0 Å². The lowest BCUT2D eigenvalue weighted by molar-refractivity contribution is 0.0573. The van der Waals surface area contributed by atoms with E-state index < -0.39 is 6.17 Å². The van der Waals surface area contributed by atoms with E-state index in [2.05, 4.69) is 11.8 Å². The lowest BCUT2D eigenvalue weighted by atomic mass is 10.00. The fourth-order valence-corrected chi connectivity index (χ4v) is 1.58. The van der Waals surface area contributed by atoms with Crippen molar-refractivity contribution in [1.82, 2.24) is 4.90 Å². The predicted molar refractivity (Wildman–Crippen MR) is 45.5 cm³/mol. The first-order valence-corrected chi connectivity index (χ1v) is 4.66. The van der Waals surface area contributed by atoms with Gasteiger partial charge in [0.15, 0.2) is 0 Å². The molecule has 0 aliphatic carbocycles. The molecule has 0 aromatic rings. The van der Waals surface area contributed by atoms with Gasteiger partial charge in [0.25, 0.3) is 0 Å². The van der Waals surface area contributed by atoms with Crippen LogP contribution in [0.3, 0.4) is 0 Å². The normalized spacial score (nSPS) is 28.1. The zero-order valence-corrected chi connectivity index (χ0v) is 7.52. The Morgan fingerprint density at radius 2 is 2.27 bits per heavy atom. The van der Waals surface area contributed by atoms with Crippen molar-refractivity contribution >= 4 is 0 Å². The van der Waals surface area contributed by atoms with Crippen LogP contribution in [0.2, 0.25) is 0 Å². The highest BCUT2D eigenvalue weighted by Crippen LogP contribution is 2.20. The van der Waals surface area contributed by atoms with E-state index in [9.17, 15) is 4.39 Å². The molecular weight excluding hydrogens is 141 g/mol. The summed E-state index contributed by atoms with van der Waals surface area (Å²) in [7, 11) is 0. The second-order valence-corrected chi connectivity index (χ2v) is 3.35. The van der Waals surface area contributed by atoms with Crippen LogP contribution in [0.25, 0.3) is 0 Å². The van der Waals surface area contributed by atoms with Gasteiger partial charge in [-0.05, 0) is 19.3 Å². The van der Waals surface area contributed by atoms with Gasteiger partial charge in [-0.1, -0.05) is 13.8 Å². The monoisotopic (exact) mass is 159 g/mol. The molecule has 0 saturated carbocycles. The van der Waals surface area contributed by atoms with Gasteiger partial charge in [-0.15, -0.1) is 0 Å². The van der Waals surface area contributed by atoms with E-state index >= 15 is 0 Å². The molecule has 0 spiro atoms. The molecule has 1 rings (SSSR count). The highest BCUT2D eigenvalue weighted by atomic mass is 19.1. The van der Waals surface area contributed by atoms with Crippen LogP contribution in [-0.4, -0.2) is 30.2 Å². The average Bonchev–Trinajstić information content (AvgIpc) is 1.98. The van der Waals surface area contributed by atoms with Crippen molar-refractivity contribution in [3.05, 3.63) is 0 Å². The molecule has 0 amide bonds. The van der Waals surface area contributed by atoms with E-state index in [0.29, 0.717) is 19.0 Å². The molecule has 0 radical (unpaired) electrons. The van der Waals surface area contributed by atoms with Crippen molar-refractivity contribution in [2.45, 2.75) is 45.3 Å². The Hall–Kier alpha value is -0.110. The zero-order chi connectivity index (χ0) is 8.27. The first kappa shape index (κ1) is 8.98. The van der Waals surface area contributed by atoms with E-state index in [0.717, 1.165) is 6.54 Å². The maximum atomic E-state index is 12.9. The Morgan fingerprint density at radius 1 is 1.55 bits per heavy atom. The first-order valence-electron chi connectivity index (χ1n) is 4.66. The molecule has 0 bridgehead atoms. The van der Waals surface area contributed by atoms with E-state index in [1.165, 1.54) is 12.8 Å². The molecule has 0 aromatic heterocycles. The lowest BCUT2D eigenvalue weighted by Gasteiger charge is -2.41. The number of alkyl halides is 1. The summed E-state index contributed by atoms with van der Waals surface area (Å²) in [5, 5.41) is 0. The smallest absolute Gasteiger partial charge is 0.112 e. The third kappa shape index (κ3) is 2.16. The van der Waals surface area contributed by atoms with Crippen molar-refractivity contribution < 1.29 is 4.39 Å². The first-order chi connectivity index (χ1) is 5.27. The molecule has 1 saturated heterocycles. The van der Waals surface area contributed by atoms with Crippen molar-refractivity contribution in [3.63, 3.8) is 0 Å². The molecule has 2 atom stereocenters. The highest BCUT2D eigenvalue weighted by molar-refractivity contribution is 4.82. The topological polar surface area (TPSA) is 3.24 Å². The summed E-state index contributed by atoms with van der Waals surface area (Å²) in [4.78, 5) is 2.26. The largest absolute Gasteiger partial charge is 0.297 e. The fraction of sp³-hybridized carbons (Fsp3) is 1.00. The number of hydrogen-bond acceptors (Lipinski definition) is 1. The molecule has 1 nitrogen and oxygen atoms in total. The highest BCUT2D eigenvalue weighted by Gasteiger charge is 2.27. The van der Waals surface area contributed by atoms with E-state index in [1.807, 2.05) is 6.92 Å². The van der Waals surface area contributed by atoms with E-state index in [4.69, 9.17) is 0 Å². The van der Waals surface area contributed by atoms with Gasteiger partial charge in [-0.3, -0.25) is 4.90 Å². The van der Waals surface area contributed by atoms with Crippen molar-refractivity contribution in [2.24, 2.45) is 0 Å². The summed E-state index contributed by atoms with van der Waals surface area (Å²) in [6.45, 7) is 5.86. The van der Waals surface area contributed by atoms with Gasteiger partial charge in [-0.25, -0.2) is 4.39 Å². The Kier molecular flexibility index (Phi) is 3.31. The third-order valence-electron chi connectivity index (χ3n) is 2.61. The van der Waals surface area contributed by atoms with Crippen LogP contribution in [-0.2, 0) is 0 Å². The maximum Gasteiger partial charge on any atom is 0.112 e. The van der Waals surface area contributed by atoms with Crippen LogP contribution in [0, 0.1) is 0 Å². The van der Waals surface area contributed by atoms with Gasteiger partial charge in [0.1, 0.15) is 6.17 Å². The molecule has 0 aromatic carbocycles. The second kappa shape index (κ2) is 4.05. The minimum Gasteiger partial charge on any atom is -0.297 e. The van der Waals surface area contributed by atoms with Gasteiger partial charge in [0.05, 0.1) is 0 Å². The molecule has 1 aliphatic rings. The van der Waals surface area contributed by atoms with Crippen molar-refractivity contribution in [3.8, 4) is 0 Å². The Balaban J connectivity index is 2.16. The maximum absolute atomic E-state index is 12.9. The van der Waals surface area contributed by atoms with Crippen LogP contribution in [0.4, 0.5) is 4.39 Å². The SMILES string of the molecule is CCC(F)CN1CCC1CC. The number of rotatable bonds is 4. The van der Waals surface area contributed by atoms with Crippen molar-refractivity contribution in [2.75, 3.05) is 13.1 Å². The fourth-order valence-electron chi connectivity index (χ4n) is 1.58. The summed E-state index contributed by atoms with van der Waals surface area (Å²) in [6, 6.07) is 0.680. The molecule has 1 fully saturated rings. The molecule has 2 unspecified atom stereocenters. The quantitative estimate of drug-likeness (QED) is 0.608. The standard InChI is InChI=1S/C9H18FN/c1-3-8(10)7-11-6-5-9(11)4-2/h8-9H,3-7H2,1-2H3. The summed E-state index contributed by atoms with van der Waals surface area (Å²) in [5.41, 5.74) is 0. The molecule has 11 heavy (non-hydrogen) atoms. The minimum atomic E-state index is -0.607. The number of likely N-dealkylation sites (tertiary alicyclic amines) is 1. The van der Waals surface area contributed by atoms with E-state index in [1.54, 1.807) is 0 Å². The van der Waals surface area contributed by atoms with Gasteiger partial charge < -0.3 is 0 Å². The van der Waals surface area contributed by atoms with Gasteiger partial charge in [-0.2, -0.15) is 0 Å². The molecule has 0 N–H and O–H groups in total. The van der Waals surface area contributed by atoms with E-state index in [-0.39, 0.29) is 0 Å². The summed E-state index contributed by atoms with van der Waals surface area (Å²) >= 11 is 0. The van der Waals surface area contributed by atoms with Gasteiger partial charge in [0, 0.05) is 19.1 Å². The Morgan fingerprint density at radius 3 is 2.64 bits per heavy atom. The number of hydrogen-bond donors (Lipinski definition) is 0. The van der Waals surface area contributed by atoms with Gasteiger partial charge >= 0.3 is 0 Å². The minimum absolute atomic E-state index is 0.607. The Labute approximate surface area is 68.6 Å². The van der Waals surface area contributed by atoms with Crippen LogP contribution in [0.5, 0.6) is 0 Å². The molecule has 66 valence electrons. The number of halogens is 1. The van der Waals surface area contributed by atoms with Crippen LogP contribution >= 0.6 is 0 Å². The molecule has 1 aliphatic heterocycles. The summed E-state index contributed by atoms with van der Waals surface area (Å²) < 4.78 is 12.9. The molecule has 2 heteroatoms. The average molecular weight is 159 g/mol. The molecular formula is C9H18FN. The van der Waals surface area contributed by atoms with Gasteiger partial charge in [0.2, 0.25) is 0 Å². The van der Waals surface area contributed by atoms with Crippen LogP contribution < -0.4 is 0 Å². The predicted octanol–water partition coefficient (Wildman–Crippen LogP) is 2.22. The molecule has 1 heterocycles.